The molecule has 0 spiro atoms. The van der Waals surface area contributed by atoms with Crippen LogP contribution >= 0.6 is 24.2 Å². The number of ether oxygens (including phenoxy) is 1. The maximum absolute atomic E-state index is 5.48. The average molecular weight is 199 g/mol. The van der Waals surface area contributed by atoms with Gasteiger partial charge in [-0.15, -0.1) is 12.4 Å². The van der Waals surface area contributed by atoms with Crippen molar-refractivity contribution in [1.82, 2.24) is 0 Å². The number of rotatable bonds is 4. The summed E-state index contributed by atoms with van der Waals surface area (Å²) in [6.45, 7) is 3.35. The van der Waals surface area contributed by atoms with Crippen LogP contribution in [0.25, 0.3) is 0 Å². The predicted molar refractivity (Wildman–Crippen MR) is 53.7 cm³/mol. The van der Waals surface area contributed by atoms with E-state index in [1.807, 2.05) is 6.92 Å². The van der Waals surface area contributed by atoms with E-state index in [1.165, 1.54) is 0 Å². The van der Waals surface area contributed by atoms with E-state index in [4.69, 9.17) is 10.5 Å². The summed E-state index contributed by atoms with van der Waals surface area (Å²) in [5.41, 5.74) is 5.48. The Morgan fingerprint density at radius 1 is 1.64 bits per heavy atom. The van der Waals surface area contributed by atoms with E-state index in [2.05, 4.69) is 4.99 Å². The topological polar surface area (TPSA) is 47.6 Å². The minimum atomic E-state index is 0. The fraction of sp³-hybridized carbons (Fsp3) is 0.833. The fourth-order valence-corrected chi connectivity index (χ4v) is 0.919. The van der Waals surface area contributed by atoms with E-state index in [-0.39, 0.29) is 12.4 Å². The third kappa shape index (κ3) is 10.1. The van der Waals surface area contributed by atoms with E-state index in [9.17, 15) is 0 Å². The maximum atomic E-state index is 5.48. The zero-order valence-electron chi connectivity index (χ0n) is 6.87. The summed E-state index contributed by atoms with van der Waals surface area (Å²) in [6.07, 6.45) is 0. The van der Waals surface area contributed by atoms with Gasteiger partial charge in [0.2, 0.25) is 0 Å². The number of hydrogen-bond acceptors (Lipinski definition) is 3. The molecule has 5 heteroatoms. The number of hydrogen-bond donors (Lipinski definition) is 1. The molecule has 0 saturated heterocycles. The number of amidine groups is 1. The molecule has 0 aliphatic rings. The number of nitrogens with zero attached hydrogens (tertiary/aromatic N) is 1. The first kappa shape index (κ1) is 13.6. The summed E-state index contributed by atoms with van der Waals surface area (Å²) in [4.78, 5) is 4.04. The van der Waals surface area contributed by atoms with Crippen LogP contribution in [0, 0.1) is 0 Å². The normalized spacial score (nSPS) is 10.9. The molecular weight excluding hydrogens is 184 g/mol. The van der Waals surface area contributed by atoms with Gasteiger partial charge in [-0.3, -0.25) is 4.99 Å². The lowest BCUT2D eigenvalue weighted by molar-refractivity contribution is 0.208. The van der Waals surface area contributed by atoms with Crippen LogP contribution in [0.5, 0.6) is 0 Å². The molecule has 0 aliphatic heterocycles. The van der Waals surface area contributed by atoms with Crippen molar-refractivity contribution >= 4 is 29.3 Å². The molecule has 0 amide bonds. The van der Waals surface area contributed by atoms with Crippen molar-refractivity contribution in [3.8, 4) is 0 Å². The lowest BCUT2D eigenvalue weighted by atomic mass is 10.7. The summed E-state index contributed by atoms with van der Waals surface area (Å²) in [5, 5.41) is 0.652. The zero-order chi connectivity index (χ0) is 7.82. The van der Waals surface area contributed by atoms with Gasteiger partial charge in [0, 0.05) is 7.11 Å². The second-order valence-corrected chi connectivity index (χ2v) is 2.93. The first-order valence-corrected chi connectivity index (χ1v) is 4.21. The molecule has 0 saturated carbocycles. The highest BCUT2D eigenvalue weighted by atomic mass is 35.5. The molecule has 0 fully saturated rings. The van der Waals surface area contributed by atoms with Gasteiger partial charge < -0.3 is 10.5 Å². The SMILES string of the molecule is CCSC(N)=NCCOC.Cl. The van der Waals surface area contributed by atoms with Gasteiger partial charge in [-0.25, -0.2) is 0 Å². The van der Waals surface area contributed by atoms with Crippen LogP contribution in [-0.4, -0.2) is 31.2 Å². The summed E-state index contributed by atoms with van der Waals surface area (Å²) in [7, 11) is 1.65. The largest absolute Gasteiger partial charge is 0.383 e. The van der Waals surface area contributed by atoms with Gasteiger partial charge in [0.25, 0.3) is 0 Å². The quantitative estimate of drug-likeness (QED) is 0.419. The Kier molecular flexibility index (Phi) is 12.5. The van der Waals surface area contributed by atoms with Crippen LogP contribution in [0.1, 0.15) is 6.92 Å². The van der Waals surface area contributed by atoms with Gasteiger partial charge in [0.05, 0.1) is 13.2 Å². The Morgan fingerprint density at radius 2 is 2.27 bits per heavy atom. The number of thioether (sulfide) groups is 1. The molecule has 0 bridgehead atoms. The Labute approximate surface area is 78.2 Å². The van der Waals surface area contributed by atoms with E-state index >= 15 is 0 Å². The van der Waals surface area contributed by atoms with Crippen molar-refractivity contribution in [3.63, 3.8) is 0 Å². The number of halogens is 1. The van der Waals surface area contributed by atoms with Crippen molar-refractivity contribution < 1.29 is 4.74 Å². The number of nitrogens with two attached hydrogens (primary N) is 1. The lowest BCUT2D eigenvalue weighted by Crippen LogP contribution is -2.08. The molecule has 0 heterocycles. The highest BCUT2D eigenvalue weighted by molar-refractivity contribution is 8.13. The Morgan fingerprint density at radius 3 is 2.73 bits per heavy atom. The molecule has 0 aromatic heterocycles. The highest BCUT2D eigenvalue weighted by Gasteiger charge is 1.87. The molecule has 0 aliphatic carbocycles. The second-order valence-electron chi connectivity index (χ2n) is 1.65. The van der Waals surface area contributed by atoms with Gasteiger partial charge in [-0.05, 0) is 5.75 Å². The van der Waals surface area contributed by atoms with Gasteiger partial charge >= 0.3 is 0 Å². The number of aliphatic imine (C=N–C) groups is 1. The van der Waals surface area contributed by atoms with Crippen LogP contribution < -0.4 is 5.73 Å². The van der Waals surface area contributed by atoms with Crippen molar-refractivity contribution in [2.75, 3.05) is 26.0 Å². The van der Waals surface area contributed by atoms with Crippen molar-refractivity contribution in [1.29, 1.82) is 0 Å². The maximum Gasteiger partial charge on any atom is 0.153 e. The van der Waals surface area contributed by atoms with Gasteiger partial charge in [0.15, 0.2) is 5.17 Å². The molecule has 11 heavy (non-hydrogen) atoms. The lowest BCUT2D eigenvalue weighted by Gasteiger charge is -1.96. The van der Waals surface area contributed by atoms with E-state index in [0.29, 0.717) is 18.3 Å². The first-order chi connectivity index (χ1) is 4.81. The van der Waals surface area contributed by atoms with Crippen LogP contribution in [0.2, 0.25) is 0 Å². The predicted octanol–water partition coefficient (Wildman–Crippen LogP) is 1.12. The number of methoxy groups -OCH3 is 1. The van der Waals surface area contributed by atoms with E-state index in [1.54, 1.807) is 18.9 Å². The summed E-state index contributed by atoms with van der Waals surface area (Å²) < 4.78 is 4.80. The molecule has 0 aromatic rings. The molecule has 68 valence electrons. The van der Waals surface area contributed by atoms with Crippen LogP contribution in [-0.2, 0) is 4.74 Å². The minimum absolute atomic E-state index is 0. The molecule has 2 N–H and O–H groups in total. The van der Waals surface area contributed by atoms with E-state index < -0.39 is 0 Å². The van der Waals surface area contributed by atoms with Crippen molar-refractivity contribution in [3.05, 3.63) is 0 Å². The first-order valence-electron chi connectivity index (χ1n) is 3.23. The molecule has 0 atom stereocenters. The summed E-state index contributed by atoms with van der Waals surface area (Å²) in [5.74, 6) is 0.975. The smallest absolute Gasteiger partial charge is 0.153 e. The molecule has 0 radical (unpaired) electrons. The van der Waals surface area contributed by atoms with Crippen LogP contribution in [0.3, 0.4) is 0 Å². The fourth-order valence-electron chi connectivity index (χ4n) is 0.441. The Bertz CT molecular complexity index is 111. The molecule has 3 nitrogen and oxygen atoms in total. The molecular formula is C6H15ClN2OS. The highest BCUT2D eigenvalue weighted by Crippen LogP contribution is 1.96. The van der Waals surface area contributed by atoms with E-state index in [0.717, 1.165) is 5.75 Å². The standard InChI is InChI=1S/C6H14N2OS.ClH/c1-3-10-6(7)8-4-5-9-2;/h3-5H2,1-2H3,(H2,7,8);1H. The van der Waals surface area contributed by atoms with Crippen molar-refractivity contribution in [2.24, 2.45) is 10.7 Å². The van der Waals surface area contributed by atoms with Crippen LogP contribution in [0.15, 0.2) is 4.99 Å². The average Bonchev–Trinajstić information content (AvgIpc) is 1.89. The Balaban J connectivity index is 0. The summed E-state index contributed by atoms with van der Waals surface area (Å²) in [6, 6.07) is 0. The summed E-state index contributed by atoms with van der Waals surface area (Å²) >= 11 is 1.55. The molecule has 0 unspecified atom stereocenters. The van der Waals surface area contributed by atoms with Gasteiger partial charge in [-0.1, -0.05) is 18.7 Å². The zero-order valence-corrected chi connectivity index (χ0v) is 8.50. The third-order valence-corrected chi connectivity index (χ3v) is 1.57. The Hall–Kier alpha value is 0.0700. The molecule has 0 aromatic carbocycles. The van der Waals surface area contributed by atoms with Gasteiger partial charge in [-0.2, -0.15) is 0 Å². The minimum Gasteiger partial charge on any atom is -0.383 e. The molecule has 0 rings (SSSR count). The van der Waals surface area contributed by atoms with Gasteiger partial charge in [0.1, 0.15) is 0 Å². The third-order valence-electron chi connectivity index (χ3n) is 0.855. The van der Waals surface area contributed by atoms with Crippen molar-refractivity contribution in [2.45, 2.75) is 6.92 Å². The monoisotopic (exact) mass is 198 g/mol. The second kappa shape index (κ2) is 10.1. The van der Waals surface area contributed by atoms with Crippen LogP contribution in [0.4, 0.5) is 0 Å².